The summed E-state index contributed by atoms with van der Waals surface area (Å²) in [6.07, 6.45) is 6.04. The number of phenols is 1. The fraction of sp³-hybridized carbons (Fsp3) is 0.562. The number of carbonyl (C=O) groups excluding carboxylic acids is 1. The summed E-state index contributed by atoms with van der Waals surface area (Å²) >= 11 is 1.14. The molecular weight excluding hydrogens is 300 g/mol. The van der Waals surface area contributed by atoms with Crippen molar-refractivity contribution in [3.05, 3.63) is 17.7 Å². The van der Waals surface area contributed by atoms with Gasteiger partial charge >= 0.3 is 5.97 Å². The zero-order valence-electron chi connectivity index (χ0n) is 12.6. The van der Waals surface area contributed by atoms with Gasteiger partial charge in [0.05, 0.1) is 25.3 Å². The normalized spacial score (nSPS) is 17.5. The highest BCUT2D eigenvalue weighted by Crippen LogP contribution is 2.43. The Kier molecular flexibility index (Phi) is 4.57. The summed E-state index contributed by atoms with van der Waals surface area (Å²) in [5.41, 5.74) is 2.27. The molecule has 0 amide bonds. The smallest absolute Gasteiger partial charge is 0.306 e. The van der Waals surface area contributed by atoms with Crippen LogP contribution in [0.4, 0.5) is 0 Å². The molecule has 0 radical (unpaired) electrons. The van der Waals surface area contributed by atoms with E-state index in [-0.39, 0.29) is 24.1 Å². The van der Waals surface area contributed by atoms with E-state index in [9.17, 15) is 9.90 Å². The Bertz CT molecular complexity index is 664. The van der Waals surface area contributed by atoms with E-state index in [0.717, 1.165) is 41.2 Å². The number of rotatable bonds is 4. The molecule has 1 aromatic carbocycles. The van der Waals surface area contributed by atoms with Gasteiger partial charge in [-0.3, -0.25) is 4.79 Å². The third kappa shape index (κ3) is 2.92. The Labute approximate surface area is 133 Å². The van der Waals surface area contributed by atoms with Crippen LogP contribution in [0.3, 0.4) is 0 Å². The first-order chi connectivity index (χ1) is 10.7. The van der Waals surface area contributed by atoms with Crippen LogP contribution in [0.15, 0.2) is 12.1 Å². The summed E-state index contributed by atoms with van der Waals surface area (Å²) in [7, 11) is 1.41. The molecule has 118 valence electrons. The van der Waals surface area contributed by atoms with E-state index < -0.39 is 0 Å². The van der Waals surface area contributed by atoms with Crippen molar-refractivity contribution < 1.29 is 14.6 Å². The van der Waals surface area contributed by atoms with Crippen LogP contribution in [0, 0.1) is 5.92 Å². The first-order valence-corrected chi connectivity index (χ1v) is 8.44. The second-order valence-corrected chi connectivity index (χ2v) is 6.44. The van der Waals surface area contributed by atoms with E-state index in [1.165, 1.54) is 26.4 Å². The number of phenolic OH excluding ortho intramolecular Hbond substituents is 1. The fourth-order valence-electron chi connectivity index (χ4n) is 3.53. The molecule has 22 heavy (non-hydrogen) atoms. The third-order valence-electron chi connectivity index (χ3n) is 4.65. The highest BCUT2D eigenvalue weighted by atomic mass is 32.1. The monoisotopic (exact) mass is 320 g/mol. The number of aromatic nitrogens is 2. The summed E-state index contributed by atoms with van der Waals surface area (Å²) in [4.78, 5) is 11.9. The van der Waals surface area contributed by atoms with Crippen molar-refractivity contribution >= 4 is 28.7 Å². The molecule has 1 heterocycles. The number of nitrogens with zero attached hydrogens (tertiary/aromatic N) is 2. The van der Waals surface area contributed by atoms with Gasteiger partial charge in [0.25, 0.3) is 0 Å². The summed E-state index contributed by atoms with van der Waals surface area (Å²) in [6, 6.07) is 3.43. The van der Waals surface area contributed by atoms with Crippen LogP contribution in [0.25, 0.3) is 11.0 Å². The first-order valence-electron chi connectivity index (χ1n) is 7.71. The highest BCUT2D eigenvalue weighted by molar-refractivity contribution is 7.00. The average Bonchev–Trinajstić information content (AvgIpc) is 3.02. The van der Waals surface area contributed by atoms with Crippen LogP contribution in [0.1, 0.15) is 50.0 Å². The minimum Gasteiger partial charge on any atom is -0.508 e. The molecular formula is C16H20N2O3S. The third-order valence-corrected chi connectivity index (χ3v) is 5.19. The lowest BCUT2D eigenvalue weighted by Crippen LogP contribution is -2.20. The minimum atomic E-state index is -0.241. The quantitative estimate of drug-likeness (QED) is 0.871. The largest absolute Gasteiger partial charge is 0.508 e. The van der Waals surface area contributed by atoms with Crippen molar-refractivity contribution in [2.45, 2.75) is 44.4 Å². The lowest BCUT2D eigenvalue weighted by Gasteiger charge is -2.30. The van der Waals surface area contributed by atoms with Crippen molar-refractivity contribution in [1.29, 1.82) is 0 Å². The lowest BCUT2D eigenvalue weighted by molar-refractivity contribution is -0.141. The van der Waals surface area contributed by atoms with Crippen LogP contribution in [-0.2, 0) is 9.53 Å². The van der Waals surface area contributed by atoms with Crippen LogP contribution in [0.2, 0.25) is 0 Å². The van der Waals surface area contributed by atoms with Gasteiger partial charge < -0.3 is 9.84 Å². The van der Waals surface area contributed by atoms with Gasteiger partial charge in [0.1, 0.15) is 16.8 Å². The van der Waals surface area contributed by atoms with Crippen molar-refractivity contribution in [2.24, 2.45) is 5.92 Å². The Morgan fingerprint density at radius 2 is 2.14 bits per heavy atom. The second kappa shape index (κ2) is 6.60. The van der Waals surface area contributed by atoms with Crippen LogP contribution in [-0.4, -0.2) is 26.9 Å². The number of hydrogen-bond donors (Lipinski definition) is 1. The number of fused-ring (bicyclic) bond motifs is 1. The zero-order valence-corrected chi connectivity index (χ0v) is 13.4. The fourth-order valence-corrected chi connectivity index (χ4v) is 4.08. The van der Waals surface area contributed by atoms with E-state index in [1.54, 1.807) is 12.1 Å². The first kappa shape index (κ1) is 15.2. The molecule has 1 unspecified atom stereocenters. The molecule has 0 spiro atoms. The summed E-state index contributed by atoms with van der Waals surface area (Å²) in [6.45, 7) is 0. The SMILES string of the molecule is COC(=O)CC(c1c(O)ccc2nsnc12)C1CCCCC1. The lowest BCUT2D eigenvalue weighted by atomic mass is 9.74. The molecule has 0 aliphatic heterocycles. The number of ether oxygens (including phenoxy) is 1. The second-order valence-electron chi connectivity index (χ2n) is 5.92. The summed E-state index contributed by atoms with van der Waals surface area (Å²) in [5.74, 6) is 0.293. The standard InChI is InChI=1S/C16H20N2O3S/c1-21-14(20)9-11(10-5-3-2-4-6-10)15-13(19)8-7-12-16(15)18-22-17-12/h7-8,10-11,19H,2-6,9H2,1H3. The number of carbonyl (C=O) groups is 1. The van der Waals surface area contributed by atoms with Crippen LogP contribution >= 0.6 is 11.7 Å². The van der Waals surface area contributed by atoms with Gasteiger partial charge in [0.15, 0.2) is 0 Å². The Morgan fingerprint density at radius 3 is 2.86 bits per heavy atom. The number of hydrogen-bond acceptors (Lipinski definition) is 6. The predicted molar refractivity (Wildman–Crippen MR) is 85.0 cm³/mol. The molecule has 1 fully saturated rings. The Balaban J connectivity index is 2.04. The maximum absolute atomic E-state index is 11.9. The summed E-state index contributed by atoms with van der Waals surface area (Å²) < 4.78 is 13.5. The average molecular weight is 320 g/mol. The molecule has 1 atom stereocenters. The van der Waals surface area contributed by atoms with E-state index in [1.807, 2.05) is 0 Å². The Hall–Kier alpha value is -1.69. The molecule has 1 aliphatic rings. The maximum Gasteiger partial charge on any atom is 0.306 e. The molecule has 1 saturated carbocycles. The molecule has 1 N–H and O–H groups in total. The van der Waals surface area contributed by atoms with Crippen LogP contribution in [0.5, 0.6) is 5.75 Å². The van der Waals surface area contributed by atoms with Crippen molar-refractivity contribution in [3.8, 4) is 5.75 Å². The van der Waals surface area contributed by atoms with Gasteiger partial charge in [0, 0.05) is 11.5 Å². The molecule has 0 bridgehead atoms. The highest BCUT2D eigenvalue weighted by Gasteiger charge is 2.31. The van der Waals surface area contributed by atoms with Gasteiger partial charge in [-0.15, -0.1) is 0 Å². The number of methoxy groups -OCH3 is 1. The van der Waals surface area contributed by atoms with Gasteiger partial charge in [-0.2, -0.15) is 8.75 Å². The molecule has 5 nitrogen and oxygen atoms in total. The number of benzene rings is 1. The van der Waals surface area contributed by atoms with Crippen molar-refractivity contribution in [1.82, 2.24) is 8.75 Å². The molecule has 3 rings (SSSR count). The minimum absolute atomic E-state index is 0.0552. The van der Waals surface area contributed by atoms with Gasteiger partial charge in [0.2, 0.25) is 0 Å². The van der Waals surface area contributed by atoms with Crippen molar-refractivity contribution in [2.75, 3.05) is 7.11 Å². The maximum atomic E-state index is 11.9. The molecule has 1 aromatic heterocycles. The predicted octanol–water partition coefficient (Wildman–Crippen LogP) is 3.62. The molecule has 0 saturated heterocycles. The van der Waals surface area contributed by atoms with Crippen LogP contribution < -0.4 is 0 Å². The van der Waals surface area contributed by atoms with Crippen molar-refractivity contribution in [3.63, 3.8) is 0 Å². The topological polar surface area (TPSA) is 72.3 Å². The van der Waals surface area contributed by atoms with Gasteiger partial charge in [-0.1, -0.05) is 19.3 Å². The summed E-state index contributed by atoms with van der Waals surface area (Å²) in [5, 5.41) is 10.4. The van der Waals surface area contributed by atoms with E-state index >= 15 is 0 Å². The van der Waals surface area contributed by atoms with Gasteiger partial charge in [-0.25, -0.2) is 0 Å². The van der Waals surface area contributed by atoms with E-state index in [4.69, 9.17) is 4.74 Å². The Morgan fingerprint density at radius 1 is 1.36 bits per heavy atom. The van der Waals surface area contributed by atoms with Gasteiger partial charge in [-0.05, 0) is 30.9 Å². The molecule has 2 aromatic rings. The zero-order chi connectivity index (χ0) is 15.5. The van der Waals surface area contributed by atoms with E-state index in [2.05, 4.69) is 8.75 Å². The van der Waals surface area contributed by atoms with E-state index in [0.29, 0.717) is 5.92 Å². The molecule has 1 aliphatic carbocycles. The number of aromatic hydroxyl groups is 1. The molecule has 6 heteroatoms. The number of esters is 1.